The molecule has 0 aliphatic rings. The molecule has 1 amide bonds. The van der Waals surface area contributed by atoms with Crippen molar-refractivity contribution in [3.8, 4) is 0 Å². The lowest BCUT2D eigenvalue weighted by Gasteiger charge is -2.21. The van der Waals surface area contributed by atoms with Crippen LogP contribution in [0.1, 0.15) is 65.0 Å². The molecule has 4 nitrogen and oxygen atoms in total. The Morgan fingerprint density at radius 3 is 2.43 bits per heavy atom. The fourth-order valence-corrected chi connectivity index (χ4v) is 2.40. The number of ether oxygens (including phenoxy) is 1. The van der Waals surface area contributed by atoms with Crippen molar-refractivity contribution in [1.82, 2.24) is 10.6 Å². The van der Waals surface area contributed by atoms with Crippen molar-refractivity contribution in [3.63, 3.8) is 0 Å². The highest BCUT2D eigenvalue weighted by Crippen LogP contribution is 2.19. The van der Waals surface area contributed by atoms with Gasteiger partial charge in [0.1, 0.15) is 5.60 Å². The van der Waals surface area contributed by atoms with Gasteiger partial charge in [0.05, 0.1) is 0 Å². The molecule has 1 unspecified atom stereocenters. The maximum absolute atomic E-state index is 11.6. The molecule has 1 atom stereocenters. The summed E-state index contributed by atoms with van der Waals surface area (Å²) in [6, 6.07) is 10.8. The van der Waals surface area contributed by atoms with Gasteiger partial charge in [-0.3, -0.25) is 0 Å². The van der Waals surface area contributed by atoms with E-state index in [0.717, 1.165) is 13.0 Å². The second-order valence-electron chi connectivity index (χ2n) is 6.84. The van der Waals surface area contributed by atoms with Crippen LogP contribution in [0, 0.1) is 0 Å². The number of nitrogens with one attached hydrogen (secondary N) is 2. The quantitative estimate of drug-likeness (QED) is 0.662. The molecule has 0 aromatic heterocycles. The molecule has 0 bridgehead atoms. The van der Waals surface area contributed by atoms with E-state index in [2.05, 4.69) is 41.8 Å². The van der Waals surface area contributed by atoms with Gasteiger partial charge in [-0.05, 0) is 32.8 Å². The molecule has 2 N–H and O–H groups in total. The molecular weight excluding hydrogens is 288 g/mol. The fourth-order valence-electron chi connectivity index (χ4n) is 2.40. The maximum Gasteiger partial charge on any atom is 0.407 e. The Kier molecular flexibility index (Phi) is 8.70. The van der Waals surface area contributed by atoms with Gasteiger partial charge in [-0.2, -0.15) is 0 Å². The van der Waals surface area contributed by atoms with Crippen molar-refractivity contribution in [2.75, 3.05) is 13.1 Å². The van der Waals surface area contributed by atoms with Gasteiger partial charge in [0.25, 0.3) is 0 Å². The fraction of sp³-hybridized carbons (Fsp3) is 0.632. The van der Waals surface area contributed by atoms with E-state index in [-0.39, 0.29) is 6.09 Å². The first kappa shape index (κ1) is 19.5. The number of alkyl carbamates (subject to hydrolysis) is 1. The lowest BCUT2D eigenvalue weighted by Crippen LogP contribution is -2.37. The molecule has 23 heavy (non-hydrogen) atoms. The highest BCUT2D eigenvalue weighted by Gasteiger charge is 2.15. The number of rotatable bonds is 9. The lowest BCUT2D eigenvalue weighted by molar-refractivity contribution is 0.0528. The normalized spacial score (nSPS) is 12.7. The Labute approximate surface area is 141 Å². The summed E-state index contributed by atoms with van der Waals surface area (Å²) in [5.41, 5.74) is 0.852. The van der Waals surface area contributed by atoms with Gasteiger partial charge in [0.15, 0.2) is 0 Å². The van der Waals surface area contributed by atoms with E-state index in [9.17, 15) is 4.79 Å². The largest absolute Gasteiger partial charge is 0.444 e. The first-order chi connectivity index (χ1) is 10.9. The SMILES string of the molecule is CCCCCC(NCCNC(=O)OC(C)(C)C)c1ccccc1. The number of hydrogen-bond acceptors (Lipinski definition) is 3. The first-order valence-electron chi connectivity index (χ1n) is 8.67. The van der Waals surface area contributed by atoms with E-state index in [0.29, 0.717) is 12.6 Å². The molecule has 0 saturated heterocycles. The monoisotopic (exact) mass is 320 g/mol. The molecule has 1 rings (SSSR count). The van der Waals surface area contributed by atoms with Crippen LogP contribution < -0.4 is 10.6 Å². The molecular formula is C19H32N2O2. The Morgan fingerprint density at radius 2 is 1.83 bits per heavy atom. The van der Waals surface area contributed by atoms with Crippen molar-refractivity contribution in [3.05, 3.63) is 35.9 Å². The summed E-state index contributed by atoms with van der Waals surface area (Å²) in [6.07, 6.45) is 4.44. The zero-order valence-corrected chi connectivity index (χ0v) is 15.0. The van der Waals surface area contributed by atoms with Crippen LogP contribution in [0.5, 0.6) is 0 Å². The molecule has 0 fully saturated rings. The van der Waals surface area contributed by atoms with Crippen LogP contribution in [-0.4, -0.2) is 24.8 Å². The molecule has 0 saturated carbocycles. The number of carbonyl (C=O) groups is 1. The minimum atomic E-state index is -0.454. The molecule has 0 spiro atoms. The zero-order chi connectivity index (χ0) is 17.1. The number of unbranched alkanes of at least 4 members (excludes halogenated alkanes) is 2. The van der Waals surface area contributed by atoms with Gasteiger partial charge in [-0.25, -0.2) is 4.79 Å². The van der Waals surface area contributed by atoms with Gasteiger partial charge in [0, 0.05) is 19.1 Å². The van der Waals surface area contributed by atoms with Crippen LogP contribution in [0.25, 0.3) is 0 Å². The number of benzene rings is 1. The molecule has 4 heteroatoms. The second kappa shape index (κ2) is 10.3. The minimum absolute atomic E-state index is 0.336. The van der Waals surface area contributed by atoms with E-state index in [1.54, 1.807) is 0 Å². The van der Waals surface area contributed by atoms with Crippen LogP contribution in [-0.2, 0) is 4.74 Å². The molecule has 0 heterocycles. The van der Waals surface area contributed by atoms with Crippen molar-refractivity contribution in [1.29, 1.82) is 0 Å². The first-order valence-corrected chi connectivity index (χ1v) is 8.67. The summed E-state index contributed by atoms with van der Waals surface area (Å²) >= 11 is 0. The molecule has 1 aromatic rings. The smallest absolute Gasteiger partial charge is 0.407 e. The third-order valence-corrected chi connectivity index (χ3v) is 3.48. The Morgan fingerprint density at radius 1 is 1.13 bits per heavy atom. The summed E-state index contributed by atoms with van der Waals surface area (Å²) in [5, 5.41) is 6.33. The average molecular weight is 320 g/mol. The predicted molar refractivity (Wildman–Crippen MR) is 95.6 cm³/mol. The van der Waals surface area contributed by atoms with Gasteiger partial charge in [-0.1, -0.05) is 56.5 Å². The van der Waals surface area contributed by atoms with Crippen molar-refractivity contribution in [2.45, 2.75) is 65.0 Å². The van der Waals surface area contributed by atoms with E-state index < -0.39 is 5.60 Å². The summed E-state index contributed by atoms with van der Waals surface area (Å²) in [6.45, 7) is 9.10. The van der Waals surface area contributed by atoms with E-state index in [1.807, 2.05) is 26.8 Å². The van der Waals surface area contributed by atoms with E-state index >= 15 is 0 Å². The highest BCUT2D eigenvalue weighted by atomic mass is 16.6. The van der Waals surface area contributed by atoms with Crippen LogP contribution in [0.2, 0.25) is 0 Å². The number of hydrogen-bond donors (Lipinski definition) is 2. The average Bonchev–Trinajstić information content (AvgIpc) is 2.49. The zero-order valence-electron chi connectivity index (χ0n) is 15.0. The maximum atomic E-state index is 11.6. The number of carbonyl (C=O) groups excluding carboxylic acids is 1. The standard InChI is InChI=1S/C19H32N2O2/c1-5-6-8-13-17(16-11-9-7-10-12-16)20-14-15-21-18(22)23-19(2,3)4/h7,9-12,17,20H,5-6,8,13-15H2,1-4H3,(H,21,22). The van der Waals surface area contributed by atoms with Gasteiger partial charge >= 0.3 is 6.09 Å². The Balaban J connectivity index is 2.38. The third kappa shape index (κ3) is 9.24. The van der Waals surface area contributed by atoms with E-state index in [1.165, 1.54) is 24.8 Å². The predicted octanol–water partition coefficient (Wildman–Crippen LogP) is 4.42. The Bertz CT molecular complexity index is 440. The third-order valence-electron chi connectivity index (χ3n) is 3.48. The van der Waals surface area contributed by atoms with Crippen LogP contribution in [0.4, 0.5) is 4.79 Å². The molecule has 0 aliphatic carbocycles. The van der Waals surface area contributed by atoms with Gasteiger partial charge < -0.3 is 15.4 Å². The second-order valence-corrected chi connectivity index (χ2v) is 6.84. The van der Waals surface area contributed by atoms with Crippen LogP contribution in [0.15, 0.2) is 30.3 Å². The van der Waals surface area contributed by atoms with Crippen LogP contribution >= 0.6 is 0 Å². The molecule has 1 aromatic carbocycles. The minimum Gasteiger partial charge on any atom is -0.444 e. The summed E-state index contributed by atoms with van der Waals surface area (Å²) in [5.74, 6) is 0. The summed E-state index contributed by atoms with van der Waals surface area (Å²) in [7, 11) is 0. The van der Waals surface area contributed by atoms with Crippen molar-refractivity contribution in [2.24, 2.45) is 0 Å². The molecule has 0 aliphatic heterocycles. The molecule has 0 radical (unpaired) electrons. The number of amides is 1. The topological polar surface area (TPSA) is 50.4 Å². The lowest BCUT2D eigenvalue weighted by atomic mass is 10.0. The van der Waals surface area contributed by atoms with Crippen molar-refractivity contribution < 1.29 is 9.53 Å². The van der Waals surface area contributed by atoms with Gasteiger partial charge in [-0.15, -0.1) is 0 Å². The molecule has 130 valence electrons. The van der Waals surface area contributed by atoms with Gasteiger partial charge in [0.2, 0.25) is 0 Å². The van der Waals surface area contributed by atoms with Crippen LogP contribution in [0.3, 0.4) is 0 Å². The Hall–Kier alpha value is -1.55. The summed E-state index contributed by atoms with van der Waals surface area (Å²) < 4.78 is 5.23. The van der Waals surface area contributed by atoms with Crippen molar-refractivity contribution >= 4 is 6.09 Å². The highest BCUT2D eigenvalue weighted by molar-refractivity contribution is 5.67. The summed E-state index contributed by atoms with van der Waals surface area (Å²) in [4.78, 5) is 11.6. The van der Waals surface area contributed by atoms with E-state index in [4.69, 9.17) is 4.74 Å².